The average molecular weight is 466 g/mol. The molecule has 2 aromatic rings. The molecule has 2 aliphatic carbocycles. The van der Waals surface area contributed by atoms with Crippen LogP contribution in [0.25, 0.3) is 11.1 Å². The molecule has 0 fully saturated rings. The van der Waals surface area contributed by atoms with E-state index in [-0.39, 0.29) is 33.4 Å². The molecule has 4 rings (SSSR count). The van der Waals surface area contributed by atoms with Gasteiger partial charge in [0, 0.05) is 11.8 Å². The number of halogens is 6. The van der Waals surface area contributed by atoms with E-state index in [1.807, 2.05) is 0 Å². The predicted octanol–water partition coefficient (Wildman–Crippen LogP) is 6.22. The summed E-state index contributed by atoms with van der Waals surface area (Å²) in [5.41, 5.74) is -3.03. The van der Waals surface area contributed by atoms with Crippen molar-refractivity contribution in [2.24, 2.45) is 0 Å². The standard InChI is InChI=1S/C24H8F6N4/c25-23(26,27)13-1-3-15-17(5-13)21-20(12(9-33)10-34)16-4-2-14(24(28,29)30)6-18(16)22(21)19(15)11(7-31)8-32/h1-6,21-22H. The molecule has 0 radical (unpaired) electrons. The van der Waals surface area contributed by atoms with Crippen LogP contribution in [-0.2, 0) is 12.4 Å². The molecule has 2 aromatic carbocycles. The van der Waals surface area contributed by atoms with Gasteiger partial charge in [-0.2, -0.15) is 47.4 Å². The van der Waals surface area contributed by atoms with Crippen LogP contribution in [0.15, 0.2) is 47.5 Å². The maximum atomic E-state index is 13.5. The lowest BCUT2D eigenvalue weighted by molar-refractivity contribution is -0.138. The van der Waals surface area contributed by atoms with Crippen molar-refractivity contribution < 1.29 is 26.3 Å². The van der Waals surface area contributed by atoms with E-state index in [1.54, 1.807) is 24.3 Å². The predicted molar refractivity (Wildman–Crippen MR) is 105 cm³/mol. The van der Waals surface area contributed by atoms with E-state index in [2.05, 4.69) is 0 Å². The molecule has 0 N–H and O–H groups in total. The highest BCUT2D eigenvalue weighted by Crippen LogP contribution is 2.64. The first-order chi connectivity index (χ1) is 16.0. The second kappa shape index (κ2) is 7.51. The van der Waals surface area contributed by atoms with Crippen molar-refractivity contribution in [3.63, 3.8) is 0 Å². The van der Waals surface area contributed by atoms with Crippen LogP contribution in [0.4, 0.5) is 26.3 Å². The molecule has 34 heavy (non-hydrogen) atoms. The van der Waals surface area contributed by atoms with Crippen LogP contribution < -0.4 is 0 Å². The summed E-state index contributed by atoms with van der Waals surface area (Å²) in [4.78, 5) is 0. The zero-order chi connectivity index (χ0) is 25.0. The van der Waals surface area contributed by atoms with Crippen molar-refractivity contribution in [2.45, 2.75) is 24.2 Å². The Labute approximate surface area is 188 Å². The normalized spacial score (nSPS) is 18.1. The number of allylic oxidation sites excluding steroid dienone is 4. The van der Waals surface area contributed by atoms with Gasteiger partial charge in [0.05, 0.1) is 11.1 Å². The Balaban J connectivity index is 2.17. The van der Waals surface area contributed by atoms with Crippen LogP contribution >= 0.6 is 0 Å². The molecule has 4 nitrogen and oxygen atoms in total. The molecular formula is C24H8F6N4. The van der Waals surface area contributed by atoms with E-state index in [9.17, 15) is 47.4 Å². The van der Waals surface area contributed by atoms with Crippen LogP contribution in [-0.4, -0.2) is 0 Å². The maximum absolute atomic E-state index is 13.5. The summed E-state index contributed by atoms with van der Waals surface area (Å²) in [5, 5.41) is 38.0. The average Bonchev–Trinajstić information content (AvgIpc) is 3.27. The van der Waals surface area contributed by atoms with Crippen molar-refractivity contribution in [3.8, 4) is 24.3 Å². The van der Waals surface area contributed by atoms with Gasteiger partial charge in [0.25, 0.3) is 0 Å². The number of hydrogen-bond donors (Lipinski definition) is 0. The SMILES string of the molecule is N#CC(C#N)=C1c2ccc(C(F)(F)F)cc2C2C(=C(C#N)C#N)c3ccc(C(F)(F)F)cc3C12. The number of hydrogen-bond acceptors (Lipinski definition) is 4. The second-order valence-corrected chi connectivity index (χ2v) is 7.58. The lowest BCUT2D eigenvalue weighted by atomic mass is 9.86. The highest BCUT2D eigenvalue weighted by atomic mass is 19.4. The molecule has 0 aliphatic heterocycles. The number of alkyl halides is 6. The molecule has 0 saturated heterocycles. The van der Waals surface area contributed by atoms with Gasteiger partial charge in [-0.25, -0.2) is 0 Å². The summed E-state index contributed by atoms with van der Waals surface area (Å²) < 4.78 is 80.8. The van der Waals surface area contributed by atoms with E-state index >= 15 is 0 Å². The van der Waals surface area contributed by atoms with Crippen LogP contribution in [0.5, 0.6) is 0 Å². The number of nitriles is 4. The van der Waals surface area contributed by atoms with Crippen molar-refractivity contribution in [1.29, 1.82) is 21.0 Å². The number of benzene rings is 2. The van der Waals surface area contributed by atoms with Crippen molar-refractivity contribution in [2.75, 3.05) is 0 Å². The summed E-state index contributed by atoms with van der Waals surface area (Å²) in [7, 11) is 0. The Hall–Kier alpha value is -4.54. The molecule has 10 heteroatoms. The van der Waals surface area contributed by atoms with Crippen molar-refractivity contribution in [1.82, 2.24) is 0 Å². The van der Waals surface area contributed by atoms with Crippen molar-refractivity contribution in [3.05, 3.63) is 80.9 Å². The van der Waals surface area contributed by atoms with Gasteiger partial charge < -0.3 is 0 Å². The van der Waals surface area contributed by atoms with Gasteiger partial charge in [-0.05, 0) is 57.7 Å². The quantitative estimate of drug-likeness (QED) is 0.340. The van der Waals surface area contributed by atoms with Gasteiger partial charge in [0.2, 0.25) is 0 Å². The number of fused-ring (bicyclic) bond motifs is 5. The summed E-state index contributed by atoms with van der Waals surface area (Å²) in [5.74, 6) is -2.31. The third-order valence-corrected chi connectivity index (χ3v) is 5.95. The monoisotopic (exact) mass is 466 g/mol. The number of rotatable bonds is 0. The molecular weight excluding hydrogens is 458 g/mol. The minimum absolute atomic E-state index is 0.0272. The largest absolute Gasteiger partial charge is 0.416 e. The Morgan fingerprint density at radius 3 is 1.18 bits per heavy atom. The van der Waals surface area contributed by atoms with E-state index in [1.165, 1.54) is 0 Å². The first kappa shape index (κ1) is 22.6. The highest BCUT2D eigenvalue weighted by Gasteiger charge is 2.50. The van der Waals surface area contributed by atoms with E-state index in [0.29, 0.717) is 0 Å². The maximum Gasteiger partial charge on any atom is 0.416 e. The molecule has 0 aromatic heterocycles. The fraction of sp³-hybridized carbons (Fsp3) is 0.167. The summed E-state index contributed by atoms with van der Waals surface area (Å²) in [6.45, 7) is 0. The first-order valence-corrected chi connectivity index (χ1v) is 9.49. The molecule has 2 unspecified atom stereocenters. The van der Waals surface area contributed by atoms with Gasteiger partial charge >= 0.3 is 12.4 Å². The number of nitrogens with zero attached hydrogens (tertiary/aromatic N) is 4. The molecule has 166 valence electrons. The highest BCUT2D eigenvalue weighted by molar-refractivity contribution is 5.99. The summed E-state index contributed by atoms with van der Waals surface area (Å²) in [6, 6.07) is 11.9. The van der Waals surface area contributed by atoms with Crippen LogP contribution in [0, 0.1) is 45.3 Å². The molecule has 0 bridgehead atoms. The van der Waals surface area contributed by atoms with E-state index in [4.69, 9.17) is 0 Å². The van der Waals surface area contributed by atoms with Gasteiger partial charge in [-0.15, -0.1) is 0 Å². The first-order valence-electron chi connectivity index (χ1n) is 9.49. The minimum atomic E-state index is -4.75. The molecule has 0 spiro atoms. The van der Waals surface area contributed by atoms with Crippen LogP contribution in [0.3, 0.4) is 0 Å². The fourth-order valence-electron chi connectivity index (χ4n) is 4.69. The molecule has 0 amide bonds. The Kier molecular flexibility index (Phi) is 5.00. The Bertz CT molecular complexity index is 1330. The topological polar surface area (TPSA) is 95.2 Å². The van der Waals surface area contributed by atoms with Crippen LogP contribution in [0.1, 0.15) is 45.2 Å². The van der Waals surface area contributed by atoms with Gasteiger partial charge in [-0.1, -0.05) is 12.1 Å². The lowest BCUT2D eigenvalue weighted by Gasteiger charge is -2.15. The Morgan fingerprint density at radius 1 is 0.588 bits per heavy atom. The minimum Gasteiger partial charge on any atom is -0.192 e. The molecule has 2 aliphatic rings. The fourth-order valence-corrected chi connectivity index (χ4v) is 4.69. The van der Waals surface area contributed by atoms with Gasteiger partial charge in [0.1, 0.15) is 35.4 Å². The van der Waals surface area contributed by atoms with Gasteiger partial charge in [0.15, 0.2) is 0 Å². The van der Waals surface area contributed by atoms with Crippen LogP contribution in [0.2, 0.25) is 0 Å². The molecule has 2 atom stereocenters. The zero-order valence-corrected chi connectivity index (χ0v) is 16.7. The van der Waals surface area contributed by atoms with Gasteiger partial charge in [-0.3, -0.25) is 0 Å². The zero-order valence-electron chi connectivity index (χ0n) is 16.7. The third kappa shape index (κ3) is 3.20. The lowest BCUT2D eigenvalue weighted by Crippen LogP contribution is -2.07. The van der Waals surface area contributed by atoms with Crippen molar-refractivity contribution >= 4 is 11.1 Å². The summed E-state index contributed by atoms with van der Waals surface area (Å²) >= 11 is 0. The van der Waals surface area contributed by atoms with E-state index in [0.717, 1.165) is 36.4 Å². The smallest absolute Gasteiger partial charge is 0.192 e. The third-order valence-electron chi connectivity index (χ3n) is 5.95. The second-order valence-electron chi connectivity index (χ2n) is 7.58. The molecule has 0 heterocycles. The molecule has 0 saturated carbocycles. The summed E-state index contributed by atoms with van der Waals surface area (Å²) in [6.07, 6.45) is -9.51. The van der Waals surface area contributed by atoms with E-state index < -0.39 is 46.5 Å². The Morgan fingerprint density at radius 2 is 0.912 bits per heavy atom.